The number of aromatic nitrogens is 1. The van der Waals surface area contributed by atoms with Crippen molar-refractivity contribution >= 4 is 11.6 Å². The first-order chi connectivity index (χ1) is 5.74. The van der Waals surface area contributed by atoms with Crippen LogP contribution >= 0.6 is 11.6 Å². The van der Waals surface area contributed by atoms with Crippen molar-refractivity contribution in [3.8, 4) is 0 Å². The van der Waals surface area contributed by atoms with Crippen molar-refractivity contribution in [1.82, 2.24) is 4.98 Å². The van der Waals surface area contributed by atoms with Gasteiger partial charge in [0.2, 0.25) is 0 Å². The molecule has 0 unspecified atom stereocenters. The Morgan fingerprint density at radius 1 is 1.67 bits per heavy atom. The second kappa shape index (κ2) is 4.43. The lowest BCUT2D eigenvalue weighted by Crippen LogP contribution is -1.98. The normalized spacial score (nSPS) is 12.9. The van der Waals surface area contributed by atoms with Gasteiger partial charge in [0, 0.05) is 11.2 Å². The van der Waals surface area contributed by atoms with E-state index in [-0.39, 0.29) is 0 Å². The first-order valence-electron chi connectivity index (χ1n) is 4.03. The van der Waals surface area contributed by atoms with Gasteiger partial charge in [0.1, 0.15) is 0 Å². The highest BCUT2D eigenvalue weighted by molar-refractivity contribution is 6.30. The zero-order valence-electron chi connectivity index (χ0n) is 7.00. The van der Waals surface area contributed by atoms with Crippen LogP contribution in [0.5, 0.6) is 0 Å². The molecule has 0 saturated heterocycles. The van der Waals surface area contributed by atoms with Crippen LogP contribution in [0.4, 0.5) is 0 Å². The van der Waals surface area contributed by atoms with E-state index in [1.165, 1.54) is 0 Å². The molecule has 12 heavy (non-hydrogen) atoms. The van der Waals surface area contributed by atoms with Crippen molar-refractivity contribution in [2.75, 3.05) is 0 Å². The Hall–Kier alpha value is -0.600. The number of aliphatic hydroxyl groups is 1. The third kappa shape index (κ3) is 2.47. The minimum atomic E-state index is -0.478. The SMILES string of the molecule is CCC[C@H](O)c1cc(Cl)ccn1. The van der Waals surface area contributed by atoms with E-state index in [2.05, 4.69) is 4.98 Å². The maximum Gasteiger partial charge on any atom is 0.0960 e. The van der Waals surface area contributed by atoms with Crippen molar-refractivity contribution in [3.63, 3.8) is 0 Å². The lowest BCUT2D eigenvalue weighted by molar-refractivity contribution is 0.162. The molecule has 0 aliphatic rings. The Balaban J connectivity index is 2.73. The van der Waals surface area contributed by atoms with E-state index in [1.54, 1.807) is 18.3 Å². The van der Waals surface area contributed by atoms with Crippen molar-refractivity contribution in [1.29, 1.82) is 0 Å². The summed E-state index contributed by atoms with van der Waals surface area (Å²) in [6.07, 6.45) is 2.80. The van der Waals surface area contributed by atoms with Crippen molar-refractivity contribution in [2.45, 2.75) is 25.9 Å². The first-order valence-corrected chi connectivity index (χ1v) is 4.41. The molecule has 0 radical (unpaired) electrons. The summed E-state index contributed by atoms with van der Waals surface area (Å²) in [4.78, 5) is 4.02. The number of rotatable bonds is 3. The Bertz CT molecular complexity index is 252. The van der Waals surface area contributed by atoms with E-state index in [9.17, 15) is 5.11 Å². The van der Waals surface area contributed by atoms with Crippen molar-refractivity contribution in [2.24, 2.45) is 0 Å². The van der Waals surface area contributed by atoms with E-state index < -0.39 is 6.10 Å². The van der Waals surface area contributed by atoms with Crippen molar-refractivity contribution < 1.29 is 5.11 Å². The van der Waals surface area contributed by atoms with E-state index in [0.717, 1.165) is 12.8 Å². The zero-order chi connectivity index (χ0) is 8.97. The van der Waals surface area contributed by atoms with Crippen LogP contribution < -0.4 is 0 Å². The Labute approximate surface area is 77.2 Å². The molecule has 3 heteroatoms. The first kappa shape index (κ1) is 9.49. The summed E-state index contributed by atoms with van der Waals surface area (Å²) >= 11 is 5.74. The van der Waals surface area contributed by atoms with Gasteiger partial charge >= 0.3 is 0 Å². The Kier molecular flexibility index (Phi) is 3.50. The van der Waals surface area contributed by atoms with Gasteiger partial charge in [0.15, 0.2) is 0 Å². The predicted octanol–water partition coefficient (Wildman–Crippen LogP) is 2.57. The predicted molar refractivity (Wildman–Crippen MR) is 49.1 cm³/mol. The molecule has 2 nitrogen and oxygen atoms in total. The monoisotopic (exact) mass is 185 g/mol. The molecule has 0 aliphatic heterocycles. The Morgan fingerprint density at radius 2 is 2.42 bits per heavy atom. The number of nitrogens with zero attached hydrogens (tertiary/aromatic N) is 1. The maximum atomic E-state index is 9.52. The minimum absolute atomic E-state index is 0.478. The van der Waals surface area contributed by atoms with Gasteiger partial charge in [-0.2, -0.15) is 0 Å². The highest BCUT2D eigenvalue weighted by Crippen LogP contribution is 2.18. The topological polar surface area (TPSA) is 33.1 Å². The van der Waals surface area contributed by atoms with Gasteiger partial charge in [-0.1, -0.05) is 24.9 Å². The standard InChI is InChI=1S/C9H12ClNO/c1-2-3-9(12)8-6-7(10)4-5-11-8/h4-6,9,12H,2-3H2,1H3/t9-/m0/s1. The van der Waals surface area contributed by atoms with Crippen LogP contribution in [0.2, 0.25) is 5.02 Å². The van der Waals surface area contributed by atoms with E-state index >= 15 is 0 Å². The molecule has 1 N–H and O–H groups in total. The number of hydrogen-bond donors (Lipinski definition) is 1. The third-order valence-corrected chi connectivity index (χ3v) is 1.88. The summed E-state index contributed by atoms with van der Waals surface area (Å²) in [6.45, 7) is 2.02. The summed E-state index contributed by atoms with van der Waals surface area (Å²) in [7, 11) is 0. The number of pyridine rings is 1. The molecule has 0 aliphatic carbocycles. The fraction of sp³-hybridized carbons (Fsp3) is 0.444. The van der Waals surface area contributed by atoms with E-state index in [0.29, 0.717) is 10.7 Å². The largest absolute Gasteiger partial charge is 0.387 e. The van der Waals surface area contributed by atoms with Gasteiger partial charge in [-0.3, -0.25) is 4.98 Å². The van der Waals surface area contributed by atoms with Gasteiger partial charge < -0.3 is 5.11 Å². The molecule has 1 heterocycles. The summed E-state index contributed by atoms with van der Waals surface area (Å²) in [5, 5.41) is 10.1. The summed E-state index contributed by atoms with van der Waals surface area (Å²) in [5.41, 5.74) is 0.657. The molecule has 66 valence electrons. The molecular formula is C9H12ClNO. The molecule has 0 amide bonds. The maximum absolute atomic E-state index is 9.52. The molecule has 1 atom stereocenters. The smallest absolute Gasteiger partial charge is 0.0960 e. The molecule has 1 aromatic heterocycles. The molecule has 0 bridgehead atoms. The quantitative estimate of drug-likeness (QED) is 0.785. The van der Waals surface area contributed by atoms with Gasteiger partial charge in [-0.05, 0) is 18.6 Å². The van der Waals surface area contributed by atoms with Crippen LogP contribution in [0, 0.1) is 0 Å². The minimum Gasteiger partial charge on any atom is -0.387 e. The van der Waals surface area contributed by atoms with Gasteiger partial charge in [0.05, 0.1) is 11.8 Å². The zero-order valence-corrected chi connectivity index (χ0v) is 7.75. The number of hydrogen-bond acceptors (Lipinski definition) is 2. The molecule has 1 aromatic rings. The summed E-state index contributed by atoms with van der Waals surface area (Å²) < 4.78 is 0. The van der Waals surface area contributed by atoms with Crippen LogP contribution in [0.25, 0.3) is 0 Å². The van der Waals surface area contributed by atoms with E-state index in [1.807, 2.05) is 6.92 Å². The second-order valence-electron chi connectivity index (χ2n) is 2.70. The molecule has 0 spiro atoms. The lowest BCUT2D eigenvalue weighted by Gasteiger charge is -2.07. The molecule has 0 fully saturated rings. The molecule has 1 rings (SSSR count). The number of aliphatic hydroxyl groups excluding tert-OH is 1. The number of halogens is 1. The van der Waals surface area contributed by atoms with Crippen LogP contribution in [-0.2, 0) is 0 Å². The van der Waals surface area contributed by atoms with Crippen LogP contribution in [-0.4, -0.2) is 10.1 Å². The average Bonchev–Trinajstić information content (AvgIpc) is 2.05. The highest BCUT2D eigenvalue weighted by atomic mass is 35.5. The van der Waals surface area contributed by atoms with Gasteiger partial charge in [0.25, 0.3) is 0 Å². The lowest BCUT2D eigenvalue weighted by atomic mass is 10.1. The highest BCUT2D eigenvalue weighted by Gasteiger charge is 2.07. The van der Waals surface area contributed by atoms with Crippen molar-refractivity contribution in [3.05, 3.63) is 29.0 Å². The summed E-state index contributed by atoms with van der Waals surface area (Å²) in [6, 6.07) is 3.39. The fourth-order valence-corrected chi connectivity index (χ4v) is 1.19. The van der Waals surface area contributed by atoms with Crippen LogP contribution in [0.1, 0.15) is 31.6 Å². The van der Waals surface area contributed by atoms with Gasteiger partial charge in [-0.15, -0.1) is 0 Å². The molecular weight excluding hydrogens is 174 g/mol. The third-order valence-electron chi connectivity index (χ3n) is 1.65. The van der Waals surface area contributed by atoms with Gasteiger partial charge in [-0.25, -0.2) is 0 Å². The Morgan fingerprint density at radius 3 is 3.00 bits per heavy atom. The average molecular weight is 186 g/mol. The second-order valence-corrected chi connectivity index (χ2v) is 3.14. The van der Waals surface area contributed by atoms with E-state index in [4.69, 9.17) is 11.6 Å². The molecule has 0 aromatic carbocycles. The summed E-state index contributed by atoms with van der Waals surface area (Å²) in [5.74, 6) is 0. The van der Waals surface area contributed by atoms with Crippen LogP contribution in [0.15, 0.2) is 18.3 Å². The van der Waals surface area contributed by atoms with Crippen LogP contribution in [0.3, 0.4) is 0 Å². The fourth-order valence-electron chi connectivity index (χ4n) is 1.02. The molecule has 0 saturated carbocycles.